The van der Waals surface area contributed by atoms with E-state index in [9.17, 15) is 0 Å². The Morgan fingerprint density at radius 3 is 2.26 bits per heavy atom. The molecule has 4 bridgehead atoms. The first kappa shape index (κ1) is 21.1. The second-order valence-electron chi connectivity index (χ2n) is 12.1. The minimum atomic E-state index is 0.374. The molecule has 0 spiro atoms. The van der Waals surface area contributed by atoms with Crippen LogP contribution in [-0.4, -0.2) is 65.1 Å². The lowest BCUT2D eigenvalue weighted by molar-refractivity contribution is -0.0941. The highest BCUT2D eigenvalue weighted by molar-refractivity contribution is 5.66. The molecule has 180 valence electrons. The summed E-state index contributed by atoms with van der Waals surface area (Å²) in [5.74, 6) is 4.32. The smallest absolute Gasteiger partial charge is 0.222 e. The van der Waals surface area contributed by atoms with Crippen LogP contribution in [0.1, 0.15) is 49.7 Å². The van der Waals surface area contributed by atoms with Crippen LogP contribution in [0.4, 0.5) is 11.8 Å². The molecule has 6 nitrogen and oxygen atoms in total. The van der Waals surface area contributed by atoms with E-state index in [1.807, 2.05) is 0 Å². The summed E-state index contributed by atoms with van der Waals surface area (Å²) in [5, 5.41) is 0. The Bertz CT molecular complexity index is 1050. The van der Waals surface area contributed by atoms with Crippen molar-refractivity contribution < 1.29 is 0 Å². The Morgan fingerprint density at radius 2 is 1.56 bits per heavy atom. The zero-order chi connectivity index (χ0) is 22.9. The van der Waals surface area contributed by atoms with Gasteiger partial charge >= 0.3 is 0 Å². The van der Waals surface area contributed by atoms with E-state index in [1.165, 1.54) is 68.2 Å². The maximum absolute atomic E-state index is 6.19. The number of hydrogen-bond donors (Lipinski definition) is 1. The molecule has 2 aromatic rings. The number of anilines is 2. The van der Waals surface area contributed by atoms with Gasteiger partial charge in [-0.3, -0.25) is 4.90 Å². The summed E-state index contributed by atoms with van der Waals surface area (Å²) in [6.07, 6.45) is 10.1. The average Bonchev–Trinajstić information content (AvgIpc) is 2.82. The van der Waals surface area contributed by atoms with E-state index in [2.05, 4.69) is 56.0 Å². The zero-order valence-electron chi connectivity index (χ0n) is 20.5. The predicted octanol–water partition coefficient (Wildman–Crippen LogP) is 3.80. The van der Waals surface area contributed by atoms with Crippen molar-refractivity contribution in [3.63, 3.8) is 0 Å². The fraction of sp³-hybridized carbons (Fsp3) is 0.643. The van der Waals surface area contributed by atoms with Crippen molar-refractivity contribution in [1.29, 1.82) is 0 Å². The van der Waals surface area contributed by atoms with Gasteiger partial charge in [0.05, 0.1) is 5.69 Å². The Kier molecular flexibility index (Phi) is 4.92. The van der Waals surface area contributed by atoms with Crippen LogP contribution < -0.4 is 10.6 Å². The van der Waals surface area contributed by atoms with Crippen LogP contribution in [0.2, 0.25) is 0 Å². The van der Waals surface area contributed by atoms with Gasteiger partial charge in [-0.25, -0.2) is 4.98 Å². The molecule has 6 heteroatoms. The van der Waals surface area contributed by atoms with E-state index < -0.39 is 0 Å². The number of likely N-dealkylation sites (N-methyl/N-ethyl adjacent to an activating group) is 1. The minimum Gasteiger partial charge on any atom is -0.368 e. The summed E-state index contributed by atoms with van der Waals surface area (Å²) in [7, 11) is 2.18. The second-order valence-corrected chi connectivity index (χ2v) is 12.1. The van der Waals surface area contributed by atoms with Gasteiger partial charge in [0.2, 0.25) is 5.95 Å². The van der Waals surface area contributed by atoms with Gasteiger partial charge in [0.25, 0.3) is 0 Å². The van der Waals surface area contributed by atoms with Crippen molar-refractivity contribution >= 4 is 11.8 Å². The molecule has 0 atom stereocenters. The fourth-order valence-corrected chi connectivity index (χ4v) is 8.37. The molecule has 1 aromatic carbocycles. The predicted molar refractivity (Wildman–Crippen MR) is 137 cm³/mol. The molecule has 1 aromatic heterocycles. The number of nitrogen functional groups attached to an aromatic ring is 1. The number of nitrogens with two attached hydrogens (primary N) is 1. The number of piperazine rings is 1. The number of hydrogen-bond acceptors (Lipinski definition) is 6. The minimum absolute atomic E-state index is 0.374. The first-order valence-electron chi connectivity index (χ1n) is 13.5. The van der Waals surface area contributed by atoms with E-state index in [0.29, 0.717) is 11.5 Å². The molecule has 4 saturated carbocycles. The largest absolute Gasteiger partial charge is 0.368 e. The van der Waals surface area contributed by atoms with E-state index in [1.54, 1.807) is 0 Å². The number of nitrogens with zero attached hydrogens (tertiary/aromatic N) is 5. The highest BCUT2D eigenvalue weighted by Gasteiger charge is 2.53. The Hall–Kier alpha value is -2.18. The first-order valence-corrected chi connectivity index (χ1v) is 13.5. The highest BCUT2D eigenvalue weighted by Crippen LogP contribution is 2.58. The van der Waals surface area contributed by atoms with E-state index in [4.69, 9.17) is 5.73 Å². The van der Waals surface area contributed by atoms with Gasteiger partial charge in [0, 0.05) is 56.4 Å². The van der Waals surface area contributed by atoms with Gasteiger partial charge in [-0.2, -0.15) is 4.98 Å². The molecule has 5 fully saturated rings. The molecular formula is C28H38N6. The molecule has 6 aliphatic rings. The molecule has 0 radical (unpaired) electrons. The van der Waals surface area contributed by atoms with E-state index >= 15 is 0 Å². The molecule has 1 saturated heterocycles. The van der Waals surface area contributed by atoms with Gasteiger partial charge in [-0.05, 0) is 86.9 Å². The van der Waals surface area contributed by atoms with Crippen LogP contribution in [0.15, 0.2) is 24.3 Å². The van der Waals surface area contributed by atoms with Gasteiger partial charge < -0.3 is 15.5 Å². The van der Waals surface area contributed by atoms with Crippen LogP contribution in [0, 0.1) is 17.8 Å². The molecule has 34 heavy (non-hydrogen) atoms. The van der Waals surface area contributed by atoms with Gasteiger partial charge in [-0.15, -0.1) is 0 Å². The number of fused-ring (bicyclic) bond motifs is 1. The lowest BCUT2D eigenvalue weighted by Crippen LogP contribution is -2.60. The summed E-state index contributed by atoms with van der Waals surface area (Å²) >= 11 is 0. The molecular weight excluding hydrogens is 420 g/mol. The Labute approximate surface area is 203 Å². The third-order valence-corrected chi connectivity index (χ3v) is 9.75. The SMILES string of the molecule is CN1CCN(c2cc(-c3ccc4c(c3)CN(C35CC6CC(CC(C6)C3)C5)CC4)nc(N)n2)CC1. The molecule has 0 amide bonds. The summed E-state index contributed by atoms with van der Waals surface area (Å²) in [6, 6.07) is 9.13. The highest BCUT2D eigenvalue weighted by atomic mass is 15.3. The maximum atomic E-state index is 6.19. The molecule has 3 heterocycles. The van der Waals surface area contributed by atoms with Crippen LogP contribution in [0.5, 0.6) is 0 Å². The molecule has 2 aliphatic heterocycles. The first-order chi connectivity index (χ1) is 16.5. The molecule has 4 aliphatic carbocycles. The fourth-order valence-electron chi connectivity index (χ4n) is 8.37. The van der Waals surface area contributed by atoms with Gasteiger partial charge in [0.1, 0.15) is 5.82 Å². The van der Waals surface area contributed by atoms with Crippen LogP contribution >= 0.6 is 0 Å². The quantitative estimate of drug-likeness (QED) is 0.755. The molecule has 2 N–H and O–H groups in total. The monoisotopic (exact) mass is 458 g/mol. The number of aromatic nitrogens is 2. The zero-order valence-corrected chi connectivity index (χ0v) is 20.5. The van der Waals surface area contributed by atoms with Crippen molar-refractivity contribution in [2.45, 2.75) is 57.0 Å². The lowest BCUT2D eigenvalue weighted by atomic mass is 9.52. The Balaban J connectivity index is 1.16. The third kappa shape index (κ3) is 3.61. The van der Waals surface area contributed by atoms with Crippen LogP contribution in [0.3, 0.4) is 0 Å². The standard InChI is InChI=1S/C28H38N6/c1-32-6-8-33(9-7-32)26-14-25(30-27(29)31-26)23-3-2-22-4-5-34(18-24(22)13-23)28-15-19-10-20(16-28)12-21(11-19)17-28/h2-3,13-14,19-21H,4-12,15-18H2,1H3,(H2,29,30,31). The second kappa shape index (κ2) is 7.92. The maximum Gasteiger partial charge on any atom is 0.222 e. The summed E-state index contributed by atoms with van der Waals surface area (Å²) in [4.78, 5) is 16.8. The lowest BCUT2D eigenvalue weighted by Gasteiger charge is -2.61. The van der Waals surface area contributed by atoms with Crippen LogP contribution in [-0.2, 0) is 13.0 Å². The average molecular weight is 459 g/mol. The van der Waals surface area contributed by atoms with Crippen molar-refractivity contribution in [2.24, 2.45) is 17.8 Å². The summed E-state index contributed by atoms with van der Waals surface area (Å²) in [5.41, 5.74) is 11.8. The van der Waals surface area contributed by atoms with Crippen molar-refractivity contribution in [2.75, 3.05) is 50.4 Å². The number of benzene rings is 1. The summed E-state index contributed by atoms with van der Waals surface area (Å²) in [6.45, 7) is 6.40. The van der Waals surface area contributed by atoms with Gasteiger partial charge in [0.15, 0.2) is 0 Å². The van der Waals surface area contributed by atoms with Crippen molar-refractivity contribution in [3.05, 3.63) is 35.4 Å². The Morgan fingerprint density at radius 1 is 0.853 bits per heavy atom. The topological polar surface area (TPSA) is 61.5 Å². The normalized spacial score (nSPS) is 33.3. The van der Waals surface area contributed by atoms with Gasteiger partial charge in [-0.1, -0.05) is 12.1 Å². The van der Waals surface area contributed by atoms with E-state index in [0.717, 1.165) is 62.0 Å². The van der Waals surface area contributed by atoms with Crippen molar-refractivity contribution in [3.8, 4) is 11.3 Å². The van der Waals surface area contributed by atoms with E-state index in [-0.39, 0.29) is 0 Å². The molecule has 8 rings (SSSR count). The summed E-state index contributed by atoms with van der Waals surface area (Å²) < 4.78 is 0. The van der Waals surface area contributed by atoms with Crippen LogP contribution in [0.25, 0.3) is 11.3 Å². The third-order valence-electron chi connectivity index (χ3n) is 9.75. The van der Waals surface area contributed by atoms with Crippen molar-refractivity contribution in [1.82, 2.24) is 19.8 Å². The molecule has 0 unspecified atom stereocenters. The number of rotatable bonds is 3.